The molecule has 0 saturated carbocycles. The highest BCUT2D eigenvalue weighted by Crippen LogP contribution is 2.20. The Morgan fingerprint density at radius 2 is 1.88 bits per heavy atom. The van der Waals surface area contributed by atoms with Crippen molar-refractivity contribution in [1.82, 2.24) is 9.55 Å². The van der Waals surface area contributed by atoms with Crippen LogP contribution < -0.4 is 5.56 Å². The molecule has 0 amide bonds. The zero-order chi connectivity index (χ0) is 17.4. The summed E-state index contributed by atoms with van der Waals surface area (Å²) in [7, 11) is 0. The van der Waals surface area contributed by atoms with Crippen LogP contribution in [0.15, 0.2) is 41.5 Å². The molecule has 0 aliphatic rings. The van der Waals surface area contributed by atoms with Gasteiger partial charge in [0.25, 0.3) is 5.56 Å². The number of hydrogen-bond donors (Lipinski definition) is 1. The van der Waals surface area contributed by atoms with E-state index in [1.807, 2.05) is 0 Å². The summed E-state index contributed by atoms with van der Waals surface area (Å²) in [6.45, 7) is 1.49. The lowest BCUT2D eigenvalue weighted by molar-refractivity contribution is 0.154. The number of fused-ring (bicyclic) bond motifs is 1. The van der Waals surface area contributed by atoms with Crippen LogP contribution in [0.1, 0.15) is 17.2 Å². The summed E-state index contributed by atoms with van der Waals surface area (Å²) >= 11 is 0. The maximum absolute atomic E-state index is 13.3. The molecule has 24 heavy (non-hydrogen) atoms. The van der Waals surface area contributed by atoms with Gasteiger partial charge in [-0.2, -0.15) is 0 Å². The second-order valence-corrected chi connectivity index (χ2v) is 5.50. The molecule has 0 aliphatic heterocycles. The van der Waals surface area contributed by atoms with Gasteiger partial charge in [0.1, 0.15) is 5.82 Å². The van der Waals surface area contributed by atoms with Crippen molar-refractivity contribution in [3.8, 4) is 0 Å². The van der Waals surface area contributed by atoms with Crippen molar-refractivity contribution < 1.29 is 18.3 Å². The topological polar surface area (TPSA) is 55.1 Å². The van der Waals surface area contributed by atoms with Crippen LogP contribution in [0.2, 0.25) is 0 Å². The van der Waals surface area contributed by atoms with Gasteiger partial charge in [-0.05, 0) is 36.2 Å². The number of nitrogens with zero attached hydrogens (tertiary/aromatic N) is 2. The molecule has 0 radical (unpaired) electrons. The van der Waals surface area contributed by atoms with Gasteiger partial charge in [0.2, 0.25) is 0 Å². The average Bonchev–Trinajstić information content (AvgIpc) is 2.52. The van der Waals surface area contributed by atoms with E-state index in [0.29, 0.717) is 11.1 Å². The molecule has 0 aliphatic carbocycles. The van der Waals surface area contributed by atoms with Crippen molar-refractivity contribution in [3.05, 3.63) is 75.6 Å². The standard InChI is InChI=1S/C17H13F3N2O2/c1-9-4-10(18)2-3-11(9)16(23)7-22-8-21-15-6-14(20)13(19)5-12(15)17(22)24/h2-6,8,16,23H,7H2,1H3. The molecule has 0 bridgehead atoms. The number of aliphatic hydroxyl groups is 1. The van der Waals surface area contributed by atoms with Crippen molar-refractivity contribution in [2.24, 2.45) is 0 Å². The molecule has 4 nitrogen and oxygen atoms in total. The van der Waals surface area contributed by atoms with Crippen LogP contribution in [0.3, 0.4) is 0 Å². The summed E-state index contributed by atoms with van der Waals surface area (Å²) in [6, 6.07) is 5.55. The Morgan fingerprint density at radius 3 is 2.58 bits per heavy atom. The van der Waals surface area contributed by atoms with E-state index in [4.69, 9.17) is 0 Å². The normalized spacial score (nSPS) is 12.5. The third-order valence-electron chi connectivity index (χ3n) is 3.83. The van der Waals surface area contributed by atoms with Gasteiger partial charge >= 0.3 is 0 Å². The van der Waals surface area contributed by atoms with Crippen LogP contribution in [-0.4, -0.2) is 14.7 Å². The number of hydrogen-bond acceptors (Lipinski definition) is 3. The molecule has 3 aromatic rings. The molecule has 1 heterocycles. The fourth-order valence-corrected chi connectivity index (χ4v) is 2.58. The monoisotopic (exact) mass is 334 g/mol. The highest BCUT2D eigenvalue weighted by Gasteiger charge is 2.15. The van der Waals surface area contributed by atoms with Gasteiger partial charge in [-0.15, -0.1) is 0 Å². The summed E-state index contributed by atoms with van der Waals surface area (Å²) in [5.74, 6) is -2.66. The second-order valence-electron chi connectivity index (χ2n) is 5.50. The first-order chi connectivity index (χ1) is 11.4. The molecule has 7 heteroatoms. The van der Waals surface area contributed by atoms with Gasteiger partial charge < -0.3 is 5.11 Å². The minimum Gasteiger partial charge on any atom is -0.387 e. The highest BCUT2D eigenvalue weighted by molar-refractivity contribution is 5.77. The van der Waals surface area contributed by atoms with Crippen LogP contribution in [-0.2, 0) is 6.54 Å². The Balaban J connectivity index is 1.99. The molecule has 0 fully saturated rings. The molecular weight excluding hydrogens is 321 g/mol. The van der Waals surface area contributed by atoms with Crippen molar-refractivity contribution >= 4 is 10.9 Å². The molecule has 2 aromatic carbocycles. The van der Waals surface area contributed by atoms with Crippen LogP contribution in [0.4, 0.5) is 13.2 Å². The van der Waals surface area contributed by atoms with E-state index in [9.17, 15) is 23.1 Å². The number of aromatic nitrogens is 2. The van der Waals surface area contributed by atoms with Crippen LogP contribution in [0.5, 0.6) is 0 Å². The first-order valence-corrected chi connectivity index (χ1v) is 7.15. The molecule has 1 unspecified atom stereocenters. The predicted molar refractivity (Wildman–Crippen MR) is 82.0 cm³/mol. The summed E-state index contributed by atoms with van der Waals surface area (Å²) in [4.78, 5) is 16.3. The largest absolute Gasteiger partial charge is 0.387 e. The van der Waals surface area contributed by atoms with Gasteiger partial charge in [0, 0.05) is 6.07 Å². The smallest absolute Gasteiger partial charge is 0.261 e. The number of halogens is 3. The first-order valence-electron chi connectivity index (χ1n) is 7.15. The Morgan fingerprint density at radius 1 is 1.17 bits per heavy atom. The average molecular weight is 334 g/mol. The lowest BCUT2D eigenvalue weighted by Gasteiger charge is -2.15. The van der Waals surface area contributed by atoms with Gasteiger partial charge in [-0.1, -0.05) is 6.07 Å². The van der Waals surface area contributed by atoms with Crippen molar-refractivity contribution in [2.75, 3.05) is 0 Å². The summed E-state index contributed by atoms with van der Waals surface area (Å²) in [5, 5.41) is 10.2. The first kappa shape index (κ1) is 16.2. The number of aliphatic hydroxyl groups excluding tert-OH is 1. The molecule has 3 rings (SSSR count). The Hall–Kier alpha value is -2.67. The summed E-state index contributed by atoms with van der Waals surface area (Å²) in [6.07, 6.45) is 0.0808. The number of rotatable bonds is 3. The fraction of sp³-hybridized carbons (Fsp3) is 0.176. The zero-order valence-corrected chi connectivity index (χ0v) is 12.6. The quantitative estimate of drug-likeness (QED) is 0.801. The Bertz CT molecular complexity index is 985. The van der Waals surface area contributed by atoms with Gasteiger partial charge in [0.05, 0.1) is 29.9 Å². The Kier molecular flexibility index (Phi) is 4.11. The maximum Gasteiger partial charge on any atom is 0.261 e. The zero-order valence-electron chi connectivity index (χ0n) is 12.6. The SMILES string of the molecule is Cc1cc(F)ccc1C(O)Cn1cnc2cc(F)c(F)cc2c1=O. The summed E-state index contributed by atoms with van der Waals surface area (Å²) in [5.41, 5.74) is 0.436. The third kappa shape index (κ3) is 2.90. The Labute approximate surface area is 134 Å². The molecule has 0 saturated heterocycles. The van der Waals surface area contributed by atoms with E-state index < -0.39 is 29.1 Å². The van der Waals surface area contributed by atoms with Crippen LogP contribution >= 0.6 is 0 Å². The van der Waals surface area contributed by atoms with Gasteiger partial charge in [-0.3, -0.25) is 9.36 Å². The fourth-order valence-electron chi connectivity index (χ4n) is 2.58. The molecule has 1 atom stereocenters. The van der Waals surface area contributed by atoms with E-state index in [-0.39, 0.29) is 17.4 Å². The third-order valence-corrected chi connectivity index (χ3v) is 3.83. The lowest BCUT2D eigenvalue weighted by Crippen LogP contribution is -2.24. The van der Waals surface area contributed by atoms with Crippen molar-refractivity contribution in [3.63, 3.8) is 0 Å². The number of aryl methyl sites for hydroxylation is 1. The second kappa shape index (κ2) is 6.09. The van der Waals surface area contributed by atoms with Crippen LogP contribution in [0, 0.1) is 24.4 Å². The van der Waals surface area contributed by atoms with E-state index in [1.165, 1.54) is 18.2 Å². The predicted octanol–water partition coefficient (Wildman–Crippen LogP) is 2.86. The molecule has 1 aromatic heterocycles. The van der Waals surface area contributed by atoms with Gasteiger partial charge in [-0.25, -0.2) is 18.2 Å². The molecule has 124 valence electrons. The highest BCUT2D eigenvalue weighted by atomic mass is 19.2. The minimum atomic E-state index is -1.14. The van der Waals surface area contributed by atoms with Crippen LogP contribution in [0.25, 0.3) is 10.9 Å². The van der Waals surface area contributed by atoms with E-state index in [1.54, 1.807) is 6.92 Å². The minimum absolute atomic E-state index is 0.0302. The van der Waals surface area contributed by atoms with Gasteiger partial charge in [0.15, 0.2) is 11.6 Å². The lowest BCUT2D eigenvalue weighted by atomic mass is 10.0. The van der Waals surface area contributed by atoms with Crippen molar-refractivity contribution in [1.29, 1.82) is 0 Å². The van der Waals surface area contributed by atoms with E-state index in [2.05, 4.69) is 4.98 Å². The number of benzene rings is 2. The maximum atomic E-state index is 13.3. The molecule has 0 spiro atoms. The van der Waals surface area contributed by atoms with Crippen molar-refractivity contribution in [2.45, 2.75) is 19.6 Å². The molecule has 1 N–H and O–H groups in total. The summed E-state index contributed by atoms with van der Waals surface area (Å²) < 4.78 is 40.8. The van der Waals surface area contributed by atoms with E-state index in [0.717, 1.165) is 23.0 Å². The molecular formula is C17H13F3N2O2. The van der Waals surface area contributed by atoms with E-state index >= 15 is 0 Å².